The Morgan fingerprint density at radius 2 is 1.70 bits per heavy atom. The van der Waals surface area contributed by atoms with Gasteiger partial charge in [-0.1, -0.05) is 6.92 Å². The van der Waals surface area contributed by atoms with E-state index in [1.807, 2.05) is 4.90 Å². The molecule has 1 unspecified atom stereocenters. The highest BCUT2D eigenvalue weighted by molar-refractivity contribution is 7.89. The molecular formula is C24H35F2N3O3S. The summed E-state index contributed by atoms with van der Waals surface area (Å²) in [5.74, 6) is -0.564. The van der Waals surface area contributed by atoms with E-state index in [4.69, 9.17) is 0 Å². The summed E-state index contributed by atoms with van der Waals surface area (Å²) < 4.78 is 54.4. The lowest BCUT2D eigenvalue weighted by Crippen LogP contribution is -2.49. The van der Waals surface area contributed by atoms with E-state index in [1.54, 1.807) is 0 Å². The van der Waals surface area contributed by atoms with Gasteiger partial charge in [-0.3, -0.25) is 4.79 Å². The second-order valence-corrected chi connectivity index (χ2v) is 11.9. The Hall–Kier alpha value is -1.58. The van der Waals surface area contributed by atoms with Crippen LogP contribution in [0.3, 0.4) is 0 Å². The fourth-order valence-electron chi connectivity index (χ4n) is 5.44. The number of nitrogens with zero attached hydrogens (tertiary/aromatic N) is 3. The molecule has 33 heavy (non-hydrogen) atoms. The molecule has 0 radical (unpaired) electrons. The molecule has 1 atom stereocenters. The van der Waals surface area contributed by atoms with Gasteiger partial charge in [-0.15, -0.1) is 0 Å². The van der Waals surface area contributed by atoms with Gasteiger partial charge in [-0.2, -0.15) is 4.31 Å². The van der Waals surface area contributed by atoms with Crippen molar-refractivity contribution in [3.8, 4) is 0 Å². The molecule has 0 N–H and O–H groups in total. The number of sulfonamides is 1. The van der Waals surface area contributed by atoms with E-state index in [0.717, 1.165) is 69.7 Å². The van der Waals surface area contributed by atoms with Gasteiger partial charge in [-0.25, -0.2) is 17.2 Å². The summed E-state index contributed by atoms with van der Waals surface area (Å²) in [6.45, 7) is 7.46. The Morgan fingerprint density at radius 1 is 1.00 bits per heavy atom. The maximum Gasteiger partial charge on any atom is 0.246 e. The summed E-state index contributed by atoms with van der Waals surface area (Å²) in [4.78, 5) is 17.1. The van der Waals surface area contributed by atoms with Gasteiger partial charge in [0.05, 0.1) is 0 Å². The highest BCUT2D eigenvalue weighted by atomic mass is 32.2. The van der Waals surface area contributed by atoms with E-state index in [2.05, 4.69) is 11.8 Å². The standard InChI is InChI=1S/C24H35F2N3O3S/c1-18-6-11-27(12-7-18)16-19-3-2-10-28(17-19)24(30)20-8-13-29(14-9-20)33(31,32)23-15-21(25)4-5-22(23)26/h4-5,15,18-20H,2-3,6-14,16-17H2,1H3. The van der Waals surface area contributed by atoms with Crippen molar-refractivity contribution >= 4 is 15.9 Å². The molecule has 9 heteroatoms. The summed E-state index contributed by atoms with van der Waals surface area (Å²) in [5.41, 5.74) is 0. The highest BCUT2D eigenvalue weighted by Crippen LogP contribution is 2.29. The van der Waals surface area contributed by atoms with Crippen LogP contribution >= 0.6 is 0 Å². The van der Waals surface area contributed by atoms with E-state index in [0.29, 0.717) is 18.8 Å². The summed E-state index contributed by atoms with van der Waals surface area (Å²) in [6, 6.07) is 2.45. The smallest absolute Gasteiger partial charge is 0.246 e. The minimum atomic E-state index is -4.13. The first-order valence-corrected chi connectivity index (χ1v) is 13.6. The molecule has 3 saturated heterocycles. The average Bonchev–Trinajstić information content (AvgIpc) is 2.82. The van der Waals surface area contributed by atoms with E-state index < -0.39 is 26.6 Å². The van der Waals surface area contributed by atoms with Crippen LogP contribution in [0.25, 0.3) is 0 Å². The topological polar surface area (TPSA) is 60.9 Å². The molecule has 1 aromatic carbocycles. The molecule has 3 aliphatic rings. The van der Waals surface area contributed by atoms with Crippen molar-refractivity contribution in [2.75, 3.05) is 45.8 Å². The van der Waals surface area contributed by atoms with Crippen LogP contribution in [0.4, 0.5) is 8.78 Å². The zero-order valence-electron chi connectivity index (χ0n) is 19.4. The number of hydrogen-bond donors (Lipinski definition) is 0. The monoisotopic (exact) mass is 483 g/mol. The Bertz CT molecular complexity index is 942. The maximum absolute atomic E-state index is 14.1. The van der Waals surface area contributed by atoms with Crippen LogP contribution in [0.1, 0.15) is 45.4 Å². The Labute approximate surface area is 196 Å². The molecule has 0 spiro atoms. The number of piperidine rings is 3. The van der Waals surface area contributed by atoms with Crippen molar-refractivity contribution in [2.45, 2.75) is 50.3 Å². The molecule has 184 valence electrons. The Morgan fingerprint density at radius 3 is 2.39 bits per heavy atom. The van der Waals surface area contributed by atoms with Crippen molar-refractivity contribution in [3.63, 3.8) is 0 Å². The molecule has 3 heterocycles. The molecule has 1 aromatic rings. The summed E-state index contributed by atoms with van der Waals surface area (Å²) in [7, 11) is -4.13. The number of carbonyl (C=O) groups excluding carboxylic acids is 1. The van der Waals surface area contributed by atoms with Gasteiger partial charge in [0.1, 0.15) is 16.5 Å². The molecule has 1 amide bonds. The van der Waals surface area contributed by atoms with Gasteiger partial charge in [0.25, 0.3) is 0 Å². The first-order chi connectivity index (χ1) is 15.7. The van der Waals surface area contributed by atoms with Gasteiger partial charge < -0.3 is 9.80 Å². The molecule has 0 bridgehead atoms. The second-order valence-electron chi connectivity index (χ2n) is 10.0. The minimum absolute atomic E-state index is 0.112. The minimum Gasteiger partial charge on any atom is -0.342 e. The van der Waals surface area contributed by atoms with Crippen LogP contribution < -0.4 is 0 Å². The van der Waals surface area contributed by atoms with Crippen LogP contribution in [0.5, 0.6) is 0 Å². The first-order valence-electron chi connectivity index (χ1n) is 12.2. The van der Waals surface area contributed by atoms with Crippen LogP contribution in [-0.4, -0.2) is 74.2 Å². The molecule has 0 saturated carbocycles. The number of carbonyl (C=O) groups is 1. The van der Waals surface area contributed by atoms with Gasteiger partial charge in [0.2, 0.25) is 15.9 Å². The quantitative estimate of drug-likeness (QED) is 0.645. The zero-order valence-corrected chi connectivity index (χ0v) is 20.2. The maximum atomic E-state index is 14.1. The van der Waals surface area contributed by atoms with Gasteiger partial charge in [0, 0.05) is 38.6 Å². The summed E-state index contributed by atoms with van der Waals surface area (Å²) in [5, 5.41) is 0. The fourth-order valence-corrected chi connectivity index (χ4v) is 6.99. The van der Waals surface area contributed by atoms with Gasteiger partial charge >= 0.3 is 0 Å². The van der Waals surface area contributed by atoms with Crippen LogP contribution in [0.2, 0.25) is 0 Å². The predicted octanol–water partition coefficient (Wildman–Crippen LogP) is 3.34. The van der Waals surface area contributed by atoms with Crippen LogP contribution in [0, 0.1) is 29.4 Å². The van der Waals surface area contributed by atoms with Crippen molar-refractivity contribution < 1.29 is 22.0 Å². The van der Waals surface area contributed by atoms with Crippen molar-refractivity contribution in [2.24, 2.45) is 17.8 Å². The lowest BCUT2D eigenvalue weighted by molar-refractivity contribution is -0.138. The SMILES string of the molecule is CC1CCN(CC2CCCN(C(=O)C3CCN(S(=O)(=O)c4cc(F)ccc4F)CC3)C2)CC1. The molecule has 3 aliphatic heterocycles. The van der Waals surface area contributed by atoms with E-state index in [9.17, 15) is 22.0 Å². The Kier molecular flexibility index (Phi) is 7.70. The molecule has 6 nitrogen and oxygen atoms in total. The Balaban J connectivity index is 1.31. The predicted molar refractivity (Wildman–Crippen MR) is 122 cm³/mol. The number of halogens is 2. The van der Waals surface area contributed by atoms with Crippen molar-refractivity contribution in [1.29, 1.82) is 0 Å². The third kappa shape index (κ3) is 5.74. The number of likely N-dealkylation sites (tertiary alicyclic amines) is 2. The summed E-state index contributed by atoms with van der Waals surface area (Å²) in [6.07, 6.45) is 5.45. The summed E-state index contributed by atoms with van der Waals surface area (Å²) >= 11 is 0. The number of rotatable bonds is 5. The van der Waals surface area contributed by atoms with Crippen LogP contribution in [-0.2, 0) is 14.8 Å². The normalized spacial score (nSPS) is 24.8. The molecular weight excluding hydrogens is 448 g/mol. The zero-order chi connectivity index (χ0) is 23.6. The van der Waals surface area contributed by atoms with Crippen molar-refractivity contribution in [3.05, 3.63) is 29.8 Å². The molecule has 0 aliphatic carbocycles. The second kappa shape index (κ2) is 10.4. The largest absolute Gasteiger partial charge is 0.342 e. The number of benzene rings is 1. The molecule has 0 aromatic heterocycles. The van der Waals surface area contributed by atoms with Crippen LogP contribution in [0.15, 0.2) is 23.1 Å². The number of amides is 1. The van der Waals surface area contributed by atoms with E-state index in [-0.39, 0.29) is 24.9 Å². The third-order valence-corrected chi connectivity index (χ3v) is 9.45. The van der Waals surface area contributed by atoms with Crippen molar-refractivity contribution in [1.82, 2.24) is 14.1 Å². The average molecular weight is 484 g/mol. The molecule has 4 rings (SSSR count). The first kappa shape index (κ1) is 24.5. The van der Waals surface area contributed by atoms with Gasteiger partial charge in [-0.05, 0) is 81.6 Å². The lowest BCUT2D eigenvalue weighted by Gasteiger charge is -2.40. The highest BCUT2D eigenvalue weighted by Gasteiger charge is 2.36. The fraction of sp³-hybridized carbons (Fsp3) is 0.708. The van der Waals surface area contributed by atoms with Gasteiger partial charge in [0.15, 0.2) is 0 Å². The number of hydrogen-bond acceptors (Lipinski definition) is 4. The van der Waals surface area contributed by atoms with E-state index in [1.165, 1.54) is 17.1 Å². The third-order valence-electron chi connectivity index (χ3n) is 7.54. The van der Waals surface area contributed by atoms with E-state index >= 15 is 0 Å². The molecule has 3 fully saturated rings. The lowest BCUT2D eigenvalue weighted by atomic mass is 9.91.